The van der Waals surface area contributed by atoms with Crippen molar-refractivity contribution in [1.29, 1.82) is 0 Å². The van der Waals surface area contributed by atoms with Crippen molar-refractivity contribution in [2.24, 2.45) is 5.92 Å². The Morgan fingerprint density at radius 3 is 2.14 bits per heavy atom. The summed E-state index contributed by atoms with van der Waals surface area (Å²) in [6, 6.07) is -1.44. The standard InChI is InChI=1S/C14H20F3NO3/c1-6-7-8-9(2)10(11(19)21-13(3,4)5)18-12(20)14(15,16)17/h6-10H,1H2,2-5H3,(H,18,20)/b8-7+/t9-,10+/m0/s1. The summed E-state index contributed by atoms with van der Waals surface area (Å²) in [6.45, 7) is 9.66. The van der Waals surface area contributed by atoms with Crippen molar-refractivity contribution in [3.8, 4) is 0 Å². The molecule has 7 heteroatoms. The predicted molar refractivity (Wildman–Crippen MR) is 72.3 cm³/mol. The summed E-state index contributed by atoms with van der Waals surface area (Å²) in [6.07, 6.45) is -0.726. The number of ether oxygens (including phenoxy) is 1. The smallest absolute Gasteiger partial charge is 0.458 e. The summed E-state index contributed by atoms with van der Waals surface area (Å²) in [7, 11) is 0. The van der Waals surface area contributed by atoms with E-state index in [1.165, 1.54) is 25.2 Å². The Kier molecular flexibility index (Phi) is 6.66. The molecule has 4 nitrogen and oxygen atoms in total. The van der Waals surface area contributed by atoms with Crippen molar-refractivity contribution in [2.45, 2.75) is 45.5 Å². The third kappa shape index (κ3) is 7.53. The van der Waals surface area contributed by atoms with E-state index in [9.17, 15) is 22.8 Å². The molecule has 0 heterocycles. The van der Waals surface area contributed by atoms with Crippen LogP contribution < -0.4 is 5.32 Å². The van der Waals surface area contributed by atoms with Crippen molar-refractivity contribution in [3.63, 3.8) is 0 Å². The van der Waals surface area contributed by atoms with Crippen LogP contribution in [0.2, 0.25) is 0 Å². The number of rotatable bonds is 5. The maximum absolute atomic E-state index is 12.3. The molecule has 0 aromatic rings. The van der Waals surface area contributed by atoms with Crippen LogP contribution in [0.5, 0.6) is 0 Å². The monoisotopic (exact) mass is 307 g/mol. The summed E-state index contributed by atoms with van der Waals surface area (Å²) in [4.78, 5) is 23.0. The Morgan fingerprint density at radius 2 is 1.76 bits per heavy atom. The van der Waals surface area contributed by atoms with E-state index in [2.05, 4.69) is 6.58 Å². The molecule has 0 radical (unpaired) electrons. The van der Waals surface area contributed by atoms with E-state index in [1.807, 2.05) is 0 Å². The van der Waals surface area contributed by atoms with E-state index in [0.29, 0.717) is 0 Å². The first-order valence-corrected chi connectivity index (χ1v) is 6.28. The lowest BCUT2D eigenvalue weighted by Gasteiger charge is -2.27. The minimum Gasteiger partial charge on any atom is -0.458 e. The topological polar surface area (TPSA) is 55.4 Å². The number of halogens is 3. The van der Waals surface area contributed by atoms with Crippen LogP contribution in [0.25, 0.3) is 0 Å². The lowest BCUT2D eigenvalue weighted by atomic mass is 10.0. The molecule has 1 amide bonds. The lowest BCUT2D eigenvalue weighted by molar-refractivity contribution is -0.177. The molecule has 1 N–H and O–H groups in total. The number of nitrogens with one attached hydrogen (secondary N) is 1. The maximum atomic E-state index is 12.3. The minimum absolute atomic E-state index is 0.691. The fourth-order valence-electron chi connectivity index (χ4n) is 1.36. The van der Waals surface area contributed by atoms with E-state index in [0.717, 1.165) is 0 Å². The number of amides is 1. The van der Waals surface area contributed by atoms with Gasteiger partial charge in [-0.15, -0.1) is 0 Å². The second-order valence-corrected chi connectivity index (χ2v) is 5.46. The van der Waals surface area contributed by atoms with Gasteiger partial charge in [0.25, 0.3) is 0 Å². The summed E-state index contributed by atoms with van der Waals surface area (Å²) >= 11 is 0. The molecule has 2 atom stereocenters. The van der Waals surface area contributed by atoms with Crippen LogP contribution >= 0.6 is 0 Å². The molecule has 0 saturated heterocycles. The number of carbonyl (C=O) groups excluding carboxylic acids is 2. The van der Waals surface area contributed by atoms with E-state index in [1.54, 1.807) is 26.1 Å². The predicted octanol–water partition coefficient (Wildman–Crippen LogP) is 2.75. The lowest BCUT2D eigenvalue weighted by Crippen LogP contribution is -2.51. The van der Waals surface area contributed by atoms with Crippen LogP contribution in [0.15, 0.2) is 24.8 Å². The van der Waals surface area contributed by atoms with E-state index in [-0.39, 0.29) is 0 Å². The highest BCUT2D eigenvalue weighted by molar-refractivity contribution is 5.88. The average molecular weight is 307 g/mol. The SMILES string of the molecule is C=C/C=C/[C@H](C)[C@@H](NC(=O)C(F)(F)F)C(=O)OC(C)(C)C. The molecule has 0 aromatic carbocycles. The highest BCUT2D eigenvalue weighted by Gasteiger charge is 2.42. The Labute approximate surface area is 122 Å². The maximum Gasteiger partial charge on any atom is 0.471 e. The van der Waals surface area contributed by atoms with Gasteiger partial charge in [-0.1, -0.05) is 31.7 Å². The second kappa shape index (κ2) is 7.28. The van der Waals surface area contributed by atoms with Crippen molar-refractivity contribution >= 4 is 11.9 Å². The molecular formula is C14H20F3NO3. The zero-order chi connectivity index (χ0) is 16.8. The third-order valence-electron chi connectivity index (χ3n) is 2.28. The van der Waals surface area contributed by atoms with Crippen LogP contribution in [-0.2, 0) is 14.3 Å². The zero-order valence-electron chi connectivity index (χ0n) is 12.5. The van der Waals surface area contributed by atoms with E-state index in [4.69, 9.17) is 4.74 Å². The number of esters is 1. The summed E-state index contributed by atoms with van der Waals surface area (Å²) < 4.78 is 42.0. The second-order valence-electron chi connectivity index (χ2n) is 5.46. The van der Waals surface area contributed by atoms with Gasteiger partial charge in [-0.3, -0.25) is 4.79 Å². The Bertz CT molecular complexity index is 422. The normalized spacial score (nSPS) is 15.4. The Balaban J connectivity index is 5.19. The molecule has 21 heavy (non-hydrogen) atoms. The number of hydrogen-bond acceptors (Lipinski definition) is 3. The fourth-order valence-corrected chi connectivity index (χ4v) is 1.36. The molecule has 0 fully saturated rings. The third-order valence-corrected chi connectivity index (χ3v) is 2.28. The van der Waals surface area contributed by atoms with Gasteiger partial charge in [0.2, 0.25) is 0 Å². The molecule has 0 aliphatic carbocycles. The van der Waals surface area contributed by atoms with Crippen LogP contribution in [0.3, 0.4) is 0 Å². The molecule has 120 valence electrons. The summed E-state index contributed by atoms with van der Waals surface area (Å²) in [5.74, 6) is -3.80. The first-order chi connectivity index (χ1) is 9.38. The molecule has 0 saturated carbocycles. The number of alkyl halides is 3. The van der Waals surface area contributed by atoms with Crippen molar-refractivity contribution in [3.05, 3.63) is 24.8 Å². The molecule has 0 aliphatic rings. The Morgan fingerprint density at radius 1 is 1.24 bits per heavy atom. The van der Waals surface area contributed by atoms with Crippen LogP contribution in [0, 0.1) is 5.92 Å². The highest BCUT2D eigenvalue weighted by Crippen LogP contribution is 2.18. The molecule has 0 unspecified atom stereocenters. The van der Waals surface area contributed by atoms with Gasteiger partial charge in [0.1, 0.15) is 11.6 Å². The summed E-state index contributed by atoms with van der Waals surface area (Å²) in [5.41, 5.74) is -0.875. The first kappa shape index (κ1) is 19.2. The number of allylic oxidation sites excluding steroid dienone is 2. The van der Waals surface area contributed by atoms with Crippen molar-refractivity contribution in [2.75, 3.05) is 0 Å². The number of carbonyl (C=O) groups is 2. The van der Waals surface area contributed by atoms with Crippen molar-refractivity contribution in [1.82, 2.24) is 5.32 Å². The fraction of sp³-hybridized carbons (Fsp3) is 0.571. The van der Waals surface area contributed by atoms with Crippen LogP contribution in [0.1, 0.15) is 27.7 Å². The van der Waals surface area contributed by atoms with E-state index < -0.39 is 35.6 Å². The van der Waals surface area contributed by atoms with Gasteiger partial charge in [-0.2, -0.15) is 13.2 Å². The average Bonchev–Trinajstić information content (AvgIpc) is 2.28. The minimum atomic E-state index is -5.07. The van der Waals surface area contributed by atoms with Gasteiger partial charge >= 0.3 is 18.1 Å². The van der Waals surface area contributed by atoms with E-state index >= 15 is 0 Å². The first-order valence-electron chi connectivity index (χ1n) is 6.28. The summed E-state index contributed by atoms with van der Waals surface area (Å²) in [5, 5.41) is 1.66. The van der Waals surface area contributed by atoms with Crippen molar-refractivity contribution < 1.29 is 27.5 Å². The molecule has 0 rings (SSSR count). The molecule has 0 spiro atoms. The molecule has 0 bridgehead atoms. The van der Waals surface area contributed by atoms with Crippen LogP contribution in [0.4, 0.5) is 13.2 Å². The van der Waals surface area contributed by atoms with Gasteiger partial charge in [0.15, 0.2) is 0 Å². The highest BCUT2D eigenvalue weighted by atomic mass is 19.4. The molecular weight excluding hydrogens is 287 g/mol. The van der Waals surface area contributed by atoms with Crippen LogP contribution in [-0.4, -0.2) is 29.7 Å². The molecule has 0 aliphatic heterocycles. The largest absolute Gasteiger partial charge is 0.471 e. The zero-order valence-corrected chi connectivity index (χ0v) is 12.5. The van der Waals surface area contributed by atoms with Gasteiger partial charge in [0, 0.05) is 5.92 Å². The van der Waals surface area contributed by atoms with Gasteiger partial charge < -0.3 is 10.1 Å². The van der Waals surface area contributed by atoms with Gasteiger partial charge in [0.05, 0.1) is 0 Å². The Hall–Kier alpha value is -1.79. The van der Waals surface area contributed by atoms with Gasteiger partial charge in [-0.25, -0.2) is 4.79 Å². The quantitative estimate of drug-likeness (QED) is 0.627. The van der Waals surface area contributed by atoms with Gasteiger partial charge in [-0.05, 0) is 20.8 Å². The number of hydrogen-bond donors (Lipinski definition) is 1. The molecule has 0 aromatic heterocycles.